The molecular formula is C16H17N3O2. The molecule has 2 aromatic carbocycles. The number of phenols is 2. The number of aromatic nitrogens is 3. The summed E-state index contributed by atoms with van der Waals surface area (Å²) in [6, 6.07) is 10.5. The molecule has 3 rings (SSSR count). The van der Waals surface area contributed by atoms with Crippen molar-refractivity contribution in [3.63, 3.8) is 0 Å². The fourth-order valence-corrected chi connectivity index (χ4v) is 2.30. The van der Waals surface area contributed by atoms with E-state index in [9.17, 15) is 10.2 Å². The molecule has 0 spiro atoms. The molecule has 1 heterocycles. The summed E-state index contributed by atoms with van der Waals surface area (Å²) < 4.78 is 0. The maximum Gasteiger partial charge on any atom is 0.147 e. The van der Waals surface area contributed by atoms with Crippen molar-refractivity contribution in [2.24, 2.45) is 0 Å². The van der Waals surface area contributed by atoms with Gasteiger partial charge in [-0.1, -0.05) is 32.9 Å². The summed E-state index contributed by atoms with van der Waals surface area (Å²) in [6.45, 7) is 5.91. The Morgan fingerprint density at radius 2 is 1.52 bits per heavy atom. The van der Waals surface area contributed by atoms with Crippen LogP contribution in [-0.2, 0) is 5.41 Å². The van der Waals surface area contributed by atoms with Crippen molar-refractivity contribution in [1.29, 1.82) is 0 Å². The van der Waals surface area contributed by atoms with Crippen LogP contribution < -0.4 is 0 Å². The van der Waals surface area contributed by atoms with Crippen LogP contribution in [0.15, 0.2) is 36.4 Å². The van der Waals surface area contributed by atoms with Gasteiger partial charge in [-0.15, -0.1) is 15.0 Å². The summed E-state index contributed by atoms with van der Waals surface area (Å²) in [5.41, 5.74) is 2.19. The average molecular weight is 283 g/mol. The number of aromatic hydroxyl groups is 2. The van der Waals surface area contributed by atoms with Crippen LogP contribution in [-0.4, -0.2) is 25.2 Å². The molecule has 0 bridgehead atoms. The molecule has 0 saturated carbocycles. The zero-order valence-corrected chi connectivity index (χ0v) is 12.2. The Bertz CT molecular complexity index is 783. The quantitative estimate of drug-likeness (QED) is 0.673. The van der Waals surface area contributed by atoms with E-state index in [4.69, 9.17) is 0 Å². The van der Waals surface area contributed by atoms with E-state index in [1.165, 1.54) is 10.9 Å². The summed E-state index contributed by atoms with van der Waals surface area (Å²) in [7, 11) is 0. The Morgan fingerprint density at radius 1 is 0.952 bits per heavy atom. The SMILES string of the molecule is CC(C)(C)c1cc(O)cc(-n2nc3ccccc3n2)c1O. The van der Waals surface area contributed by atoms with E-state index < -0.39 is 0 Å². The fraction of sp³-hybridized carbons (Fsp3) is 0.250. The van der Waals surface area contributed by atoms with Crippen LogP contribution in [0.2, 0.25) is 0 Å². The Morgan fingerprint density at radius 3 is 2.05 bits per heavy atom. The lowest BCUT2D eigenvalue weighted by Crippen LogP contribution is -2.13. The third-order valence-corrected chi connectivity index (χ3v) is 3.38. The normalized spacial score (nSPS) is 12.0. The Balaban J connectivity index is 2.24. The Labute approximate surface area is 122 Å². The number of fused-ring (bicyclic) bond motifs is 1. The number of phenolic OH excluding ortho intramolecular Hbond substituents is 2. The second kappa shape index (κ2) is 4.48. The van der Waals surface area contributed by atoms with Gasteiger partial charge in [0.15, 0.2) is 0 Å². The van der Waals surface area contributed by atoms with Gasteiger partial charge in [-0.2, -0.15) is 0 Å². The number of rotatable bonds is 1. The predicted octanol–water partition coefficient (Wildman–Crippen LogP) is 3.13. The van der Waals surface area contributed by atoms with Crippen molar-refractivity contribution in [2.75, 3.05) is 0 Å². The zero-order chi connectivity index (χ0) is 15.2. The van der Waals surface area contributed by atoms with Crippen LogP contribution in [0, 0.1) is 0 Å². The van der Waals surface area contributed by atoms with Crippen molar-refractivity contribution in [3.8, 4) is 17.2 Å². The first-order chi connectivity index (χ1) is 9.86. The Kier molecular flexibility index (Phi) is 2.86. The minimum atomic E-state index is -0.301. The van der Waals surface area contributed by atoms with E-state index in [0.29, 0.717) is 11.3 Å². The van der Waals surface area contributed by atoms with Gasteiger partial charge in [-0.3, -0.25) is 0 Å². The van der Waals surface area contributed by atoms with E-state index in [2.05, 4.69) is 10.2 Å². The first-order valence-electron chi connectivity index (χ1n) is 6.75. The highest BCUT2D eigenvalue weighted by Gasteiger charge is 2.23. The molecule has 0 aliphatic heterocycles. The molecule has 0 atom stereocenters. The largest absolute Gasteiger partial charge is 0.508 e. The summed E-state index contributed by atoms with van der Waals surface area (Å²) in [4.78, 5) is 1.36. The lowest BCUT2D eigenvalue weighted by atomic mass is 9.86. The number of nitrogens with zero attached hydrogens (tertiary/aromatic N) is 3. The minimum absolute atomic E-state index is 0.0779. The molecule has 0 aliphatic carbocycles. The van der Waals surface area contributed by atoms with Crippen molar-refractivity contribution in [3.05, 3.63) is 42.0 Å². The molecule has 0 aliphatic rings. The molecule has 1 aromatic heterocycles. The van der Waals surface area contributed by atoms with E-state index in [-0.39, 0.29) is 16.9 Å². The minimum Gasteiger partial charge on any atom is -0.508 e. The number of hydrogen-bond donors (Lipinski definition) is 2. The second-order valence-electron chi connectivity index (χ2n) is 6.09. The van der Waals surface area contributed by atoms with Crippen LogP contribution in [0.4, 0.5) is 0 Å². The van der Waals surface area contributed by atoms with Gasteiger partial charge in [0.05, 0.1) is 0 Å². The second-order valence-corrected chi connectivity index (χ2v) is 6.09. The van der Waals surface area contributed by atoms with Crippen molar-refractivity contribution in [2.45, 2.75) is 26.2 Å². The van der Waals surface area contributed by atoms with Gasteiger partial charge in [0.25, 0.3) is 0 Å². The van der Waals surface area contributed by atoms with Crippen LogP contribution in [0.1, 0.15) is 26.3 Å². The topological polar surface area (TPSA) is 71.2 Å². The van der Waals surface area contributed by atoms with Crippen LogP contribution in [0.3, 0.4) is 0 Å². The molecule has 0 unspecified atom stereocenters. The Hall–Kier alpha value is -2.56. The average Bonchev–Trinajstić information content (AvgIpc) is 2.83. The van der Waals surface area contributed by atoms with Gasteiger partial charge >= 0.3 is 0 Å². The summed E-state index contributed by atoms with van der Waals surface area (Å²) in [5.74, 6) is 0.162. The lowest BCUT2D eigenvalue weighted by molar-refractivity contribution is 0.429. The number of hydrogen-bond acceptors (Lipinski definition) is 4. The van der Waals surface area contributed by atoms with Gasteiger partial charge in [-0.05, 0) is 23.6 Å². The summed E-state index contributed by atoms with van der Waals surface area (Å²) >= 11 is 0. The third-order valence-electron chi connectivity index (χ3n) is 3.38. The van der Waals surface area contributed by atoms with E-state index in [0.717, 1.165) is 11.0 Å². The van der Waals surface area contributed by atoms with Crippen LogP contribution in [0.5, 0.6) is 11.5 Å². The monoisotopic (exact) mass is 283 g/mol. The maximum absolute atomic E-state index is 10.5. The highest BCUT2D eigenvalue weighted by atomic mass is 16.3. The molecule has 0 saturated heterocycles. The van der Waals surface area contributed by atoms with E-state index in [1.54, 1.807) is 6.07 Å². The van der Waals surface area contributed by atoms with Gasteiger partial charge in [0.1, 0.15) is 28.2 Å². The van der Waals surface area contributed by atoms with Gasteiger partial charge in [0.2, 0.25) is 0 Å². The maximum atomic E-state index is 10.5. The fourth-order valence-electron chi connectivity index (χ4n) is 2.30. The van der Waals surface area contributed by atoms with Gasteiger partial charge in [-0.25, -0.2) is 0 Å². The van der Waals surface area contributed by atoms with E-state index in [1.807, 2.05) is 45.0 Å². The zero-order valence-electron chi connectivity index (χ0n) is 12.2. The molecule has 21 heavy (non-hydrogen) atoms. The molecule has 0 fully saturated rings. The lowest BCUT2D eigenvalue weighted by Gasteiger charge is -2.21. The number of benzene rings is 2. The highest BCUT2D eigenvalue weighted by Crippen LogP contribution is 2.37. The van der Waals surface area contributed by atoms with E-state index >= 15 is 0 Å². The molecule has 5 heteroatoms. The predicted molar refractivity (Wildman–Crippen MR) is 80.9 cm³/mol. The van der Waals surface area contributed by atoms with Gasteiger partial charge < -0.3 is 10.2 Å². The molecule has 3 aromatic rings. The van der Waals surface area contributed by atoms with Gasteiger partial charge in [0, 0.05) is 11.6 Å². The first kappa shape index (κ1) is 13.4. The van der Waals surface area contributed by atoms with Crippen molar-refractivity contribution >= 4 is 11.0 Å². The van der Waals surface area contributed by atoms with Crippen molar-refractivity contribution in [1.82, 2.24) is 15.0 Å². The smallest absolute Gasteiger partial charge is 0.147 e. The standard InChI is InChI=1S/C16H17N3O2/c1-16(2,3)11-8-10(20)9-14(15(11)21)19-17-12-6-4-5-7-13(12)18-19/h4-9,20-21H,1-3H3. The van der Waals surface area contributed by atoms with Crippen LogP contribution in [0.25, 0.3) is 16.7 Å². The first-order valence-corrected chi connectivity index (χ1v) is 6.75. The molecular weight excluding hydrogens is 266 g/mol. The molecule has 2 N–H and O–H groups in total. The summed E-state index contributed by atoms with van der Waals surface area (Å²) in [5, 5.41) is 29.1. The summed E-state index contributed by atoms with van der Waals surface area (Å²) in [6.07, 6.45) is 0. The molecule has 5 nitrogen and oxygen atoms in total. The van der Waals surface area contributed by atoms with Crippen LogP contribution >= 0.6 is 0 Å². The molecule has 0 amide bonds. The molecule has 108 valence electrons. The highest BCUT2D eigenvalue weighted by molar-refractivity contribution is 5.73. The van der Waals surface area contributed by atoms with Crippen molar-refractivity contribution < 1.29 is 10.2 Å². The third kappa shape index (κ3) is 2.31. The molecule has 0 radical (unpaired) electrons.